The number of carbonyl (C=O) groups excluding carboxylic acids is 2. The summed E-state index contributed by atoms with van der Waals surface area (Å²) in [7, 11) is 0. The zero-order chi connectivity index (χ0) is 15.7. The Bertz CT molecular complexity index is 584. The highest BCUT2D eigenvalue weighted by molar-refractivity contribution is 5.93. The van der Waals surface area contributed by atoms with Crippen molar-refractivity contribution < 1.29 is 14.3 Å². The number of nitrogens with zero attached hydrogens (tertiary/aromatic N) is 1. The van der Waals surface area contributed by atoms with Gasteiger partial charge in [-0.15, -0.1) is 0 Å². The summed E-state index contributed by atoms with van der Waals surface area (Å²) >= 11 is 0. The molecule has 1 aromatic rings. The predicted octanol–water partition coefficient (Wildman–Crippen LogP) is 3.12. The van der Waals surface area contributed by atoms with Crippen LogP contribution >= 0.6 is 0 Å². The van der Waals surface area contributed by atoms with Crippen LogP contribution < -0.4 is 10.1 Å². The molecule has 1 N–H and O–H groups in total. The van der Waals surface area contributed by atoms with E-state index in [1.54, 1.807) is 0 Å². The topological polar surface area (TPSA) is 58.6 Å². The number of rotatable bonds is 3. The fourth-order valence-corrected chi connectivity index (χ4v) is 3.49. The Hall–Kier alpha value is -2.04. The Morgan fingerprint density at radius 1 is 1.32 bits per heavy atom. The molecule has 22 heavy (non-hydrogen) atoms. The molecule has 2 heterocycles. The first-order chi connectivity index (χ1) is 10.6. The van der Waals surface area contributed by atoms with Gasteiger partial charge >= 0.3 is 6.03 Å². The molecule has 3 rings (SSSR count). The van der Waals surface area contributed by atoms with E-state index in [2.05, 4.69) is 5.32 Å². The lowest BCUT2D eigenvalue weighted by Crippen LogP contribution is -2.48. The number of aryl methyl sites for hydroxylation is 1. The third-order valence-corrected chi connectivity index (χ3v) is 4.46. The van der Waals surface area contributed by atoms with E-state index in [1.807, 2.05) is 36.9 Å². The molecular formula is C17H22N2O3. The summed E-state index contributed by atoms with van der Waals surface area (Å²) in [5.41, 5.74) is 1.78. The minimum atomic E-state index is -0.121. The highest BCUT2D eigenvalue weighted by Gasteiger charge is 2.42. The Morgan fingerprint density at radius 2 is 2.00 bits per heavy atom. The van der Waals surface area contributed by atoms with Crippen LogP contribution in [0, 0.1) is 6.92 Å². The first-order valence-electron chi connectivity index (χ1n) is 7.93. The average molecular weight is 302 g/mol. The molecule has 118 valence electrons. The molecule has 0 radical (unpaired) electrons. The van der Waals surface area contributed by atoms with E-state index in [0.717, 1.165) is 18.4 Å². The van der Waals surface area contributed by atoms with Crippen molar-refractivity contribution in [2.45, 2.75) is 51.6 Å². The maximum absolute atomic E-state index is 12.6. The third-order valence-electron chi connectivity index (χ3n) is 4.46. The molecule has 0 aromatic heterocycles. The maximum Gasteiger partial charge on any atom is 0.322 e. The smallest absolute Gasteiger partial charge is 0.322 e. The molecule has 0 unspecified atom stereocenters. The molecular weight excluding hydrogens is 280 g/mol. The molecule has 2 atom stereocenters. The quantitative estimate of drug-likeness (QED) is 0.933. The number of ketones is 1. The van der Waals surface area contributed by atoms with E-state index < -0.39 is 0 Å². The molecule has 2 bridgehead atoms. The van der Waals surface area contributed by atoms with Crippen LogP contribution in [0.2, 0.25) is 0 Å². The highest BCUT2D eigenvalue weighted by Crippen LogP contribution is 2.35. The second-order valence-electron chi connectivity index (χ2n) is 6.10. The van der Waals surface area contributed by atoms with Crippen molar-refractivity contribution in [3.63, 3.8) is 0 Å². The van der Waals surface area contributed by atoms with Crippen molar-refractivity contribution in [2.75, 3.05) is 11.9 Å². The number of hydrogen-bond donors (Lipinski definition) is 1. The zero-order valence-corrected chi connectivity index (χ0v) is 13.1. The van der Waals surface area contributed by atoms with Crippen molar-refractivity contribution >= 4 is 17.5 Å². The van der Waals surface area contributed by atoms with Crippen molar-refractivity contribution in [3.05, 3.63) is 23.8 Å². The Kier molecular flexibility index (Phi) is 4.05. The van der Waals surface area contributed by atoms with Crippen LogP contribution in [0.1, 0.15) is 38.2 Å². The highest BCUT2D eigenvalue weighted by atomic mass is 16.5. The Morgan fingerprint density at radius 3 is 2.64 bits per heavy atom. The number of ether oxygens (including phenoxy) is 1. The number of Topliss-reactive ketones (excluding diaryl/α,β-unsaturated/α-hetero) is 1. The van der Waals surface area contributed by atoms with Gasteiger partial charge in [0, 0.05) is 24.9 Å². The molecule has 2 saturated heterocycles. The third kappa shape index (κ3) is 2.80. The van der Waals surface area contributed by atoms with Crippen LogP contribution in [-0.4, -0.2) is 35.4 Å². The normalized spacial score (nSPS) is 23.5. The number of hydrogen-bond acceptors (Lipinski definition) is 3. The van der Waals surface area contributed by atoms with E-state index in [0.29, 0.717) is 30.9 Å². The number of benzene rings is 1. The molecule has 1 aromatic carbocycles. The van der Waals surface area contributed by atoms with E-state index in [4.69, 9.17) is 4.74 Å². The van der Waals surface area contributed by atoms with E-state index in [9.17, 15) is 9.59 Å². The number of fused-ring (bicyclic) bond motifs is 2. The Balaban J connectivity index is 1.76. The molecule has 2 fully saturated rings. The molecule has 2 aliphatic rings. The summed E-state index contributed by atoms with van der Waals surface area (Å²) in [6.07, 6.45) is 2.85. The molecule has 2 amide bonds. The zero-order valence-electron chi connectivity index (χ0n) is 13.1. The fraction of sp³-hybridized carbons (Fsp3) is 0.529. The van der Waals surface area contributed by atoms with Crippen LogP contribution in [0.15, 0.2) is 18.2 Å². The van der Waals surface area contributed by atoms with E-state index in [1.165, 1.54) is 0 Å². The summed E-state index contributed by atoms with van der Waals surface area (Å²) < 4.78 is 5.61. The second kappa shape index (κ2) is 5.99. The number of carbonyl (C=O) groups is 2. The van der Waals surface area contributed by atoms with Crippen LogP contribution in [0.5, 0.6) is 5.75 Å². The molecule has 5 heteroatoms. The van der Waals surface area contributed by atoms with Gasteiger partial charge in [0.2, 0.25) is 0 Å². The summed E-state index contributed by atoms with van der Waals surface area (Å²) in [6.45, 7) is 4.46. The van der Waals surface area contributed by atoms with Gasteiger partial charge in [0.05, 0.1) is 12.3 Å². The first kappa shape index (κ1) is 14.9. The first-order valence-corrected chi connectivity index (χ1v) is 7.93. The van der Waals surface area contributed by atoms with Gasteiger partial charge in [0.15, 0.2) is 0 Å². The van der Waals surface area contributed by atoms with E-state index in [-0.39, 0.29) is 23.9 Å². The summed E-state index contributed by atoms with van der Waals surface area (Å²) in [5, 5.41) is 2.96. The Labute approximate surface area is 130 Å². The lowest BCUT2D eigenvalue weighted by atomic mass is 10.0. The lowest BCUT2D eigenvalue weighted by Gasteiger charge is -2.34. The standard InChI is InChI=1S/C17H22N2O3/c1-3-22-16-8-11(2)4-7-15(16)18-17(21)19-12-5-6-13(19)10-14(20)9-12/h4,7-8,12-13H,3,5-6,9-10H2,1-2H3,(H,18,21)/t12-,13-/m0/s1. The molecule has 0 saturated carbocycles. The number of nitrogens with one attached hydrogen (secondary N) is 1. The van der Waals surface area contributed by atoms with Crippen LogP contribution in [-0.2, 0) is 4.79 Å². The van der Waals surface area contributed by atoms with Crippen molar-refractivity contribution in [1.29, 1.82) is 0 Å². The molecule has 0 aliphatic carbocycles. The number of urea groups is 1. The predicted molar refractivity (Wildman–Crippen MR) is 84.3 cm³/mol. The lowest BCUT2D eigenvalue weighted by molar-refractivity contribution is -0.122. The largest absolute Gasteiger partial charge is 0.492 e. The van der Waals surface area contributed by atoms with Gasteiger partial charge in [0.25, 0.3) is 0 Å². The van der Waals surface area contributed by atoms with Gasteiger partial charge in [-0.3, -0.25) is 4.79 Å². The van der Waals surface area contributed by atoms with E-state index >= 15 is 0 Å². The molecule has 2 aliphatic heterocycles. The van der Waals surface area contributed by atoms with Gasteiger partial charge in [-0.2, -0.15) is 0 Å². The van der Waals surface area contributed by atoms with Gasteiger partial charge < -0.3 is 15.0 Å². The monoisotopic (exact) mass is 302 g/mol. The second-order valence-corrected chi connectivity index (χ2v) is 6.10. The number of piperidine rings is 1. The maximum atomic E-state index is 12.6. The SMILES string of the molecule is CCOc1cc(C)ccc1NC(=O)N1[C@H]2CC[C@H]1CC(=O)C2. The van der Waals surface area contributed by atoms with Crippen molar-refractivity contribution in [2.24, 2.45) is 0 Å². The van der Waals surface area contributed by atoms with Crippen LogP contribution in [0.25, 0.3) is 0 Å². The minimum absolute atomic E-state index is 0.0623. The summed E-state index contributed by atoms with van der Waals surface area (Å²) in [4.78, 5) is 26.1. The van der Waals surface area contributed by atoms with Crippen molar-refractivity contribution in [3.8, 4) is 5.75 Å². The minimum Gasteiger partial charge on any atom is -0.492 e. The van der Waals surface area contributed by atoms with Crippen LogP contribution in [0.4, 0.5) is 10.5 Å². The number of anilines is 1. The average Bonchev–Trinajstić information content (AvgIpc) is 2.74. The van der Waals surface area contributed by atoms with Gasteiger partial charge in [-0.1, -0.05) is 6.07 Å². The van der Waals surface area contributed by atoms with Crippen molar-refractivity contribution in [1.82, 2.24) is 4.90 Å². The van der Waals surface area contributed by atoms with Gasteiger partial charge in [0.1, 0.15) is 11.5 Å². The molecule has 0 spiro atoms. The fourth-order valence-electron chi connectivity index (χ4n) is 3.49. The number of amides is 2. The van der Waals surface area contributed by atoms with Gasteiger partial charge in [-0.05, 0) is 44.4 Å². The summed E-state index contributed by atoms with van der Waals surface area (Å²) in [5.74, 6) is 0.971. The summed E-state index contributed by atoms with van der Waals surface area (Å²) in [6, 6.07) is 5.75. The molecule has 5 nitrogen and oxygen atoms in total. The van der Waals surface area contributed by atoms with Crippen LogP contribution in [0.3, 0.4) is 0 Å². The van der Waals surface area contributed by atoms with Gasteiger partial charge in [-0.25, -0.2) is 4.79 Å².